The molecule has 0 saturated carbocycles. The Hall–Kier alpha value is -3.45. The molecule has 174 valence electrons. The fraction of sp³-hybridized carbons (Fsp3) is 0.308. The van der Waals surface area contributed by atoms with Crippen LogP contribution >= 0.6 is 0 Å². The lowest BCUT2D eigenvalue weighted by atomic mass is 9.95. The number of benzene rings is 2. The smallest absolute Gasteiger partial charge is 0.295 e. The Balaban J connectivity index is 2.05. The zero-order valence-corrected chi connectivity index (χ0v) is 19.0. The first-order valence-corrected chi connectivity index (χ1v) is 11.0. The summed E-state index contributed by atoms with van der Waals surface area (Å²) >= 11 is 0. The number of rotatable bonds is 10. The zero-order chi connectivity index (χ0) is 24.0. The second-order valence-corrected chi connectivity index (χ2v) is 7.69. The zero-order valence-electron chi connectivity index (χ0n) is 19.0. The molecule has 1 N–H and O–H groups in total. The molecule has 1 heterocycles. The number of carbonyl (C=O) groups excluding carboxylic acids is 2. The maximum atomic E-state index is 13.4. The number of halogens is 1. The number of aliphatic hydroxyl groups excluding tert-OH is 1. The Bertz CT molecular complexity index is 1030. The molecule has 1 aliphatic rings. The second-order valence-electron chi connectivity index (χ2n) is 7.69. The standard InChI is InChI=1S/C26H29FN2O4/c1-4-17-33-21-13-9-18(10-14-21)23-22(24(30)19-7-11-20(27)12-8-19)25(31)26(32)29(23)16-15-28(5-2)6-3/h4,7-14,23,30H,1,5-6,15-17H2,2-3H3/b24-22+/t23-/m1/s1. The van der Waals surface area contributed by atoms with Gasteiger partial charge >= 0.3 is 0 Å². The summed E-state index contributed by atoms with van der Waals surface area (Å²) in [6.07, 6.45) is 1.64. The number of amides is 1. The van der Waals surface area contributed by atoms with Crippen LogP contribution in [0, 0.1) is 5.82 Å². The first-order valence-electron chi connectivity index (χ1n) is 11.0. The first-order chi connectivity index (χ1) is 15.9. The normalized spacial score (nSPS) is 17.6. The lowest BCUT2D eigenvalue weighted by Crippen LogP contribution is -2.38. The molecule has 0 unspecified atom stereocenters. The molecule has 1 saturated heterocycles. The average molecular weight is 453 g/mol. The van der Waals surface area contributed by atoms with E-state index in [1.54, 1.807) is 30.3 Å². The Kier molecular flexibility index (Phi) is 8.01. The van der Waals surface area contributed by atoms with Gasteiger partial charge in [-0.05, 0) is 55.1 Å². The van der Waals surface area contributed by atoms with Crippen molar-refractivity contribution in [3.05, 3.63) is 83.7 Å². The van der Waals surface area contributed by atoms with Crippen LogP contribution in [-0.4, -0.2) is 59.4 Å². The second kappa shape index (κ2) is 10.9. The van der Waals surface area contributed by atoms with Gasteiger partial charge in [0.15, 0.2) is 0 Å². The minimum Gasteiger partial charge on any atom is -0.507 e. The van der Waals surface area contributed by atoms with Crippen LogP contribution in [0.15, 0.2) is 66.8 Å². The van der Waals surface area contributed by atoms with Crippen LogP contribution in [0.5, 0.6) is 5.75 Å². The van der Waals surface area contributed by atoms with E-state index in [1.165, 1.54) is 29.2 Å². The SMILES string of the molecule is C=CCOc1ccc([C@@H]2/C(=C(\O)c3ccc(F)cc3)C(=O)C(=O)N2CCN(CC)CC)cc1. The van der Waals surface area contributed by atoms with Crippen molar-refractivity contribution >= 4 is 17.4 Å². The number of ketones is 1. The monoisotopic (exact) mass is 452 g/mol. The summed E-state index contributed by atoms with van der Waals surface area (Å²) in [7, 11) is 0. The first kappa shape index (κ1) is 24.2. The fourth-order valence-corrected chi connectivity index (χ4v) is 3.91. The van der Waals surface area contributed by atoms with Gasteiger partial charge in [0, 0.05) is 18.7 Å². The van der Waals surface area contributed by atoms with E-state index in [0.29, 0.717) is 31.0 Å². The minimum atomic E-state index is -0.765. The van der Waals surface area contributed by atoms with Gasteiger partial charge in [0.05, 0.1) is 11.6 Å². The van der Waals surface area contributed by atoms with Crippen molar-refractivity contribution in [1.29, 1.82) is 0 Å². The lowest BCUT2D eigenvalue weighted by Gasteiger charge is -2.28. The number of hydrogen-bond donors (Lipinski definition) is 1. The van der Waals surface area contributed by atoms with E-state index in [1.807, 2.05) is 13.8 Å². The third-order valence-corrected chi connectivity index (χ3v) is 5.77. The molecule has 1 atom stereocenters. The molecule has 0 bridgehead atoms. The molecule has 0 aliphatic carbocycles. The highest BCUT2D eigenvalue weighted by molar-refractivity contribution is 6.46. The molecule has 2 aromatic carbocycles. The summed E-state index contributed by atoms with van der Waals surface area (Å²) in [4.78, 5) is 29.7. The number of likely N-dealkylation sites (N-methyl/N-ethyl adjacent to an activating group) is 1. The molecule has 3 rings (SSSR count). The van der Waals surface area contributed by atoms with Crippen molar-refractivity contribution in [1.82, 2.24) is 9.80 Å². The Labute approximate surface area is 193 Å². The van der Waals surface area contributed by atoms with Gasteiger partial charge in [-0.25, -0.2) is 4.39 Å². The molecule has 2 aromatic rings. The van der Waals surface area contributed by atoms with Gasteiger partial charge in [0.25, 0.3) is 11.7 Å². The van der Waals surface area contributed by atoms with Crippen molar-refractivity contribution in [2.75, 3.05) is 32.8 Å². The predicted molar refractivity (Wildman–Crippen MR) is 125 cm³/mol. The minimum absolute atomic E-state index is 0.00841. The van der Waals surface area contributed by atoms with Gasteiger partial charge in [-0.15, -0.1) is 0 Å². The molecule has 1 amide bonds. The predicted octanol–water partition coefficient (Wildman–Crippen LogP) is 4.15. The Morgan fingerprint density at radius 3 is 2.33 bits per heavy atom. The highest BCUT2D eigenvalue weighted by Crippen LogP contribution is 2.39. The van der Waals surface area contributed by atoms with Crippen LogP contribution in [0.1, 0.15) is 31.0 Å². The Morgan fingerprint density at radius 2 is 1.76 bits per heavy atom. The average Bonchev–Trinajstić information content (AvgIpc) is 3.08. The molecular formula is C26H29FN2O4. The number of likely N-dealkylation sites (tertiary alicyclic amines) is 1. The summed E-state index contributed by atoms with van der Waals surface area (Å²) in [5, 5.41) is 11.0. The summed E-state index contributed by atoms with van der Waals surface area (Å²) in [6.45, 7) is 10.6. The molecule has 7 heteroatoms. The van der Waals surface area contributed by atoms with Gasteiger partial charge in [-0.2, -0.15) is 0 Å². The van der Waals surface area contributed by atoms with Gasteiger partial charge in [0.1, 0.15) is 23.9 Å². The molecule has 1 fully saturated rings. The van der Waals surface area contributed by atoms with Crippen LogP contribution < -0.4 is 4.74 Å². The Morgan fingerprint density at radius 1 is 1.12 bits per heavy atom. The van der Waals surface area contributed by atoms with E-state index in [4.69, 9.17) is 4.74 Å². The summed E-state index contributed by atoms with van der Waals surface area (Å²) < 4.78 is 18.9. The number of aliphatic hydroxyl groups is 1. The molecule has 6 nitrogen and oxygen atoms in total. The largest absolute Gasteiger partial charge is 0.507 e. The highest BCUT2D eigenvalue weighted by atomic mass is 19.1. The van der Waals surface area contributed by atoms with E-state index in [2.05, 4.69) is 11.5 Å². The molecular weight excluding hydrogens is 423 g/mol. The number of carbonyl (C=O) groups is 2. The molecule has 33 heavy (non-hydrogen) atoms. The molecule has 0 spiro atoms. The van der Waals surface area contributed by atoms with Gasteiger partial charge < -0.3 is 19.6 Å². The van der Waals surface area contributed by atoms with E-state index in [0.717, 1.165) is 13.1 Å². The quantitative estimate of drug-likeness (QED) is 0.254. The van der Waals surface area contributed by atoms with Crippen molar-refractivity contribution < 1.29 is 23.8 Å². The number of hydrogen-bond acceptors (Lipinski definition) is 5. The third kappa shape index (κ3) is 5.31. The maximum Gasteiger partial charge on any atom is 0.295 e. The number of Topliss-reactive ketones (excluding diaryl/α,β-unsaturated/α-hetero) is 1. The van der Waals surface area contributed by atoms with Crippen molar-refractivity contribution in [3.8, 4) is 5.75 Å². The van der Waals surface area contributed by atoms with Crippen LogP contribution in [0.3, 0.4) is 0 Å². The number of nitrogens with zero attached hydrogens (tertiary/aromatic N) is 2. The van der Waals surface area contributed by atoms with E-state index < -0.39 is 23.5 Å². The van der Waals surface area contributed by atoms with Crippen LogP contribution in [0.4, 0.5) is 4.39 Å². The highest BCUT2D eigenvalue weighted by Gasteiger charge is 2.45. The fourth-order valence-electron chi connectivity index (χ4n) is 3.91. The topological polar surface area (TPSA) is 70.1 Å². The van der Waals surface area contributed by atoms with Crippen molar-refractivity contribution in [3.63, 3.8) is 0 Å². The summed E-state index contributed by atoms with van der Waals surface area (Å²) in [6, 6.07) is 11.5. The third-order valence-electron chi connectivity index (χ3n) is 5.77. The van der Waals surface area contributed by atoms with Crippen LogP contribution in [0.2, 0.25) is 0 Å². The van der Waals surface area contributed by atoms with Crippen molar-refractivity contribution in [2.24, 2.45) is 0 Å². The molecule has 1 aliphatic heterocycles. The molecule has 0 aromatic heterocycles. The van der Waals surface area contributed by atoms with Crippen LogP contribution in [-0.2, 0) is 9.59 Å². The summed E-state index contributed by atoms with van der Waals surface area (Å²) in [5.41, 5.74) is 0.934. The van der Waals surface area contributed by atoms with Gasteiger partial charge in [-0.1, -0.05) is 38.6 Å². The van der Waals surface area contributed by atoms with Crippen molar-refractivity contribution in [2.45, 2.75) is 19.9 Å². The van der Waals surface area contributed by atoms with Gasteiger partial charge in [0.2, 0.25) is 0 Å². The lowest BCUT2D eigenvalue weighted by molar-refractivity contribution is -0.140. The maximum absolute atomic E-state index is 13.4. The van der Waals surface area contributed by atoms with E-state index in [-0.39, 0.29) is 16.9 Å². The van der Waals surface area contributed by atoms with E-state index in [9.17, 15) is 19.1 Å². The summed E-state index contributed by atoms with van der Waals surface area (Å²) in [5.74, 6) is -1.58. The molecule has 0 radical (unpaired) electrons. The van der Waals surface area contributed by atoms with E-state index >= 15 is 0 Å². The number of ether oxygens (including phenoxy) is 1. The van der Waals surface area contributed by atoms with Gasteiger partial charge in [-0.3, -0.25) is 9.59 Å². The van der Waals surface area contributed by atoms with Crippen LogP contribution in [0.25, 0.3) is 5.76 Å².